The summed E-state index contributed by atoms with van der Waals surface area (Å²) in [6.07, 6.45) is 0.423. The molecule has 2 aromatic carbocycles. The molecule has 5 nitrogen and oxygen atoms in total. The van der Waals surface area contributed by atoms with Crippen LogP contribution in [-0.2, 0) is 15.3 Å². The van der Waals surface area contributed by atoms with E-state index < -0.39 is 0 Å². The summed E-state index contributed by atoms with van der Waals surface area (Å²) in [6.45, 7) is 4.24. The molecule has 0 aliphatic carbocycles. The molecule has 1 aliphatic rings. The van der Waals surface area contributed by atoms with E-state index in [2.05, 4.69) is 29.8 Å². The second-order valence-corrected chi connectivity index (χ2v) is 8.54. The van der Waals surface area contributed by atoms with E-state index >= 15 is 0 Å². The van der Waals surface area contributed by atoms with Gasteiger partial charge >= 0.3 is 0 Å². The normalized spacial score (nSPS) is 19.1. The number of amides is 2. The monoisotopic (exact) mass is 415 g/mol. The number of hydrogen-bond donors (Lipinski definition) is 3. The summed E-state index contributed by atoms with van der Waals surface area (Å²) >= 11 is 1.39. The predicted octanol–water partition coefficient (Wildman–Crippen LogP) is 3.97. The smallest absolute Gasteiger partial charge is 0.225 e. The Morgan fingerprint density at radius 2 is 1.93 bits per heavy atom. The van der Waals surface area contributed by atoms with Gasteiger partial charge in [0.25, 0.3) is 0 Å². The number of thioether (sulfide) groups is 1. The summed E-state index contributed by atoms with van der Waals surface area (Å²) in [5, 5.41) is 8.98. The van der Waals surface area contributed by atoms with Gasteiger partial charge in [-0.1, -0.05) is 44.2 Å². The van der Waals surface area contributed by atoms with E-state index in [1.54, 1.807) is 18.2 Å². The summed E-state index contributed by atoms with van der Waals surface area (Å²) in [6, 6.07) is 14.1. The van der Waals surface area contributed by atoms with Crippen LogP contribution >= 0.6 is 11.8 Å². The lowest BCUT2D eigenvalue weighted by Gasteiger charge is -2.31. The highest BCUT2D eigenvalue weighted by Gasteiger charge is 2.27. The molecule has 154 valence electrons. The van der Waals surface area contributed by atoms with Gasteiger partial charge in [0.15, 0.2) is 0 Å². The summed E-state index contributed by atoms with van der Waals surface area (Å²) in [7, 11) is 0. The van der Waals surface area contributed by atoms with Crippen LogP contribution < -0.4 is 16.0 Å². The Kier molecular flexibility index (Phi) is 7.28. The van der Waals surface area contributed by atoms with Gasteiger partial charge in [0.05, 0.1) is 0 Å². The molecule has 1 saturated heterocycles. The fourth-order valence-electron chi connectivity index (χ4n) is 3.14. The number of benzene rings is 2. The Morgan fingerprint density at radius 1 is 1.21 bits per heavy atom. The minimum atomic E-state index is -0.362. The molecule has 29 heavy (non-hydrogen) atoms. The first-order chi connectivity index (χ1) is 13.9. The molecule has 2 atom stereocenters. The van der Waals surface area contributed by atoms with Crippen LogP contribution in [0.3, 0.4) is 0 Å². The maximum atomic E-state index is 13.8. The third kappa shape index (κ3) is 6.30. The van der Waals surface area contributed by atoms with Crippen LogP contribution in [0.15, 0.2) is 48.5 Å². The van der Waals surface area contributed by atoms with Crippen molar-refractivity contribution in [1.82, 2.24) is 10.6 Å². The van der Waals surface area contributed by atoms with E-state index in [1.165, 1.54) is 23.4 Å². The van der Waals surface area contributed by atoms with Gasteiger partial charge in [0, 0.05) is 30.3 Å². The second-order valence-electron chi connectivity index (χ2n) is 7.45. The van der Waals surface area contributed by atoms with Gasteiger partial charge in [-0.2, -0.15) is 0 Å². The maximum Gasteiger partial charge on any atom is 0.225 e. The van der Waals surface area contributed by atoms with E-state index in [0.717, 1.165) is 5.69 Å². The molecule has 2 amide bonds. The molecular weight excluding hydrogens is 389 g/mol. The van der Waals surface area contributed by atoms with E-state index in [0.29, 0.717) is 17.2 Å². The van der Waals surface area contributed by atoms with Crippen molar-refractivity contribution in [2.75, 3.05) is 5.32 Å². The summed E-state index contributed by atoms with van der Waals surface area (Å²) in [4.78, 5) is 24.4. The molecule has 2 unspecified atom stereocenters. The molecule has 7 heteroatoms. The molecular formula is C22H26FN3O2S. The van der Waals surface area contributed by atoms with Gasteiger partial charge in [0.2, 0.25) is 11.8 Å². The van der Waals surface area contributed by atoms with Gasteiger partial charge < -0.3 is 10.6 Å². The van der Waals surface area contributed by atoms with Crippen LogP contribution in [0.4, 0.5) is 10.1 Å². The van der Waals surface area contributed by atoms with E-state index in [4.69, 9.17) is 0 Å². The average molecular weight is 416 g/mol. The number of halogens is 1. The van der Waals surface area contributed by atoms with Crippen molar-refractivity contribution < 1.29 is 14.0 Å². The third-order valence-electron chi connectivity index (χ3n) is 4.77. The van der Waals surface area contributed by atoms with Crippen LogP contribution in [-0.4, -0.2) is 23.4 Å². The van der Waals surface area contributed by atoms with Crippen molar-refractivity contribution in [3.05, 3.63) is 65.5 Å². The summed E-state index contributed by atoms with van der Waals surface area (Å²) in [5.74, 6) is 0.331. The largest absolute Gasteiger partial charge is 0.332 e. The topological polar surface area (TPSA) is 70.2 Å². The van der Waals surface area contributed by atoms with Gasteiger partial charge in [0.1, 0.15) is 11.3 Å². The lowest BCUT2D eigenvalue weighted by Crippen LogP contribution is -2.55. The van der Waals surface area contributed by atoms with Crippen LogP contribution in [0.5, 0.6) is 0 Å². The molecule has 3 rings (SSSR count). The minimum absolute atomic E-state index is 0.117. The Labute approximate surface area is 174 Å². The SMILES string of the molecule is CC(C)c1ccc(NC(=O)CC2CC(=O)NC(SCc3ccccc3F)N2)cc1. The lowest BCUT2D eigenvalue weighted by atomic mass is 10.0. The number of carbonyl (C=O) groups excluding carboxylic acids is 2. The molecule has 0 radical (unpaired) electrons. The Morgan fingerprint density at radius 3 is 2.62 bits per heavy atom. The van der Waals surface area contributed by atoms with Crippen LogP contribution in [0.1, 0.15) is 43.7 Å². The first-order valence-electron chi connectivity index (χ1n) is 9.71. The second kappa shape index (κ2) is 9.89. The first kappa shape index (κ1) is 21.3. The van der Waals surface area contributed by atoms with Crippen molar-refractivity contribution in [3.63, 3.8) is 0 Å². The summed E-state index contributed by atoms with van der Waals surface area (Å²) in [5.41, 5.74) is 2.17. The summed E-state index contributed by atoms with van der Waals surface area (Å²) < 4.78 is 13.8. The van der Waals surface area contributed by atoms with Crippen molar-refractivity contribution in [2.24, 2.45) is 0 Å². The molecule has 0 aromatic heterocycles. The highest BCUT2D eigenvalue weighted by atomic mass is 32.2. The maximum absolute atomic E-state index is 13.8. The van der Waals surface area contributed by atoms with Crippen LogP contribution in [0.2, 0.25) is 0 Å². The van der Waals surface area contributed by atoms with Crippen LogP contribution in [0.25, 0.3) is 0 Å². The highest BCUT2D eigenvalue weighted by Crippen LogP contribution is 2.21. The van der Waals surface area contributed by atoms with Crippen molar-refractivity contribution in [2.45, 2.75) is 49.9 Å². The Bertz CT molecular complexity index is 857. The fourth-order valence-corrected chi connectivity index (χ4v) is 4.22. The van der Waals surface area contributed by atoms with Gasteiger partial charge in [-0.15, -0.1) is 11.8 Å². The molecule has 0 spiro atoms. The van der Waals surface area contributed by atoms with Crippen molar-refractivity contribution in [1.29, 1.82) is 0 Å². The Balaban J connectivity index is 1.51. The first-order valence-corrected chi connectivity index (χ1v) is 10.8. The zero-order valence-electron chi connectivity index (χ0n) is 16.6. The Hall–Kier alpha value is -2.38. The molecule has 2 aromatic rings. The van der Waals surface area contributed by atoms with Gasteiger partial charge in [-0.05, 0) is 35.2 Å². The van der Waals surface area contributed by atoms with Gasteiger partial charge in [-0.3, -0.25) is 14.9 Å². The predicted molar refractivity (Wildman–Crippen MR) is 115 cm³/mol. The average Bonchev–Trinajstić information content (AvgIpc) is 2.67. The number of nitrogens with one attached hydrogen (secondary N) is 3. The van der Waals surface area contributed by atoms with Crippen molar-refractivity contribution >= 4 is 29.3 Å². The number of carbonyl (C=O) groups is 2. The zero-order valence-corrected chi connectivity index (χ0v) is 17.4. The van der Waals surface area contributed by atoms with E-state index in [-0.39, 0.29) is 42.0 Å². The number of hydrogen-bond acceptors (Lipinski definition) is 4. The molecule has 1 heterocycles. The van der Waals surface area contributed by atoms with Gasteiger partial charge in [-0.25, -0.2) is 4.39 Å². The number of rotatable bonds is 7. The van der Waals surface area contributed by atoms with Crippen molar-refractivity contribution in [3.8, 4) is 0 Å². The molecule has 1 fully saturated rings. The molecule has 1 aliphatic heterocycles. The number of anilines is 1. The third-order valence-corrected chi connectivity index (χ3v) is 5.83. The molecule has 3 N–H and O–H groups in total. The minimum Gasteiger partial charge on any atom is -0.332 e. The fraction of sp³-hybridized carbons (Fsp3) is 0.364. The molecule has 0 saturated carbocycles. The zero-order chi connectivity index (χ0) is 20.8. The highest BCUT2D eigenvalue weighted by molar-refractivity contribution is 7.99. The quantitative estimate of drug-likeness (QED) is 0.640. The van der Waals surface area contributed by atoms with E-state index in [1.807, 2.05) is 24.3 Å². The van der Waals surface area contributed by atoms with E-state index in [9.17, 15) is 14.0 Å². The standard InChI is InChI=1S/C22H26FN3O2S/c1-14(2)15-7-9-17(10-8-15)24-20(27)11-18-12-21(28)26-22(25-18)29-13-16-5-3-4-6-19(16)23/h3-10,14,18,22,25H,11-13H2,1-2H3,(H,24,27)(H,26,28). The lowest BCUT2D eigenvalue weighted by molar-refractivity contribution is -0.124. The molecule has 0 bridgehead atoms. The van der Waals surface area contributed by atoms with Crippen LogP contribution in [0, 0.1) is 5.82 Å².